The Hall–Kier alpha value is -0.390. The normalized spacial score (nSPS) is 10.0. The minimum absolute atomic E-state index is 0.0291. The molecule has 0 spiro atoms. The second-order valence-corrected chi connectivity index (χ2v) is 3.19. The third-order valence-electron chi connectivity index (χ3n) is 1.30. The average Bonchev–Trinajstić information content (AvgIpc) is 2.07. The molecule has 0 aliphatic heterocycles. The molecule has 0 amide bonds. The van der Waals surface area contributed by atoms with Crippen LogP contribution in [0, 0.1) is 15.2 Å². The van der Waals surface area contributed by atoms with Gasteiger partial charge in [0, 0.05) is 0 Å². The minimum Gasteiger partial charge on any atom is -0.491 e. The van der Waals surface area contributed by atoms with Crippen LogP contribution in [0.25, 0.3) is 0 Å². The van der Waals surface area contributed by atoms with Gasteiger partial charge in [0.05, 0.1) is 10.2 Å². The van der Waals surface area contributed by atoms with E-state index in [0.717, 1.165) is 0 Å². The lowest BCUT2D eigenvalue weighted by atomic mass is 10.3. The molecule has 66 valence electrons. The molecule has 1 nitrogen and oxygen atoms in total. The zero-order valence-corrected chi connectivity index (χ0v) is 8.56. The monoisotopic (exact) mass is 284 g/mol. The van der Waals surface area contributed by atoms with Crippen LogP contribution in [-0.4, -0.2) is 6.61 Å². The molecule has 1 rings (SSSR count). The summed E-state index contributed by atoms with van der Waals surface area (Å²) in [5.74, 6) is -1.09. The van der Waals surface area contributed by atoms with Crippen molar-refractivity contribution in [2.75, 3.05) is 6.61 Å². The fraction of sp³-hybridized carbons (Fsp3) is 0.250. The molecule has 1 aromatic rings. The summed E-state index contributed by atoms with van der Waals surface area (Å²) in [6.45, 7) is 2.12. The van der Waals surface area contributed by atoms with Gasteiger partial charge in [0.1, 0.15) is 5.82 Å². The topological polar surface area (TPSA) is 9.23 Å². The zero-order chi connectivity index (χ0) is 9.14. The Morgan fingerprint density at radius 2 is 2.08 bits per heavy atom. The molecule has 0 radical (unpaired) electrons. The van der Waals surface area contributed by atoms with Crippen LogP contribution in [-0.2, 0) is 0 Å². The van der Waals surface area contributed by atoms with Crippen molar-refractivity contribution in [3.63, 3.8) is 0 Å². The van der Waals surface area contributed by atoms with E-state index < -0.39 is 11.6 Å². The second-order valence-electron chi connectivity index (χ2n) is 2.11. The maximum atomic E-state index is 13.1. The standard InChI is InChI=1S/C8H7F2IO/c1-2-12-6-4-3-5(9)8(11)7(6)10/h3-4H,2H2,1H3. The van der Waals surface area contributed by atoms with Gasteiger partial charge in [-0.3, -0.25) is 0 Å². The van der Waals surface area contributed by atoms with Crippen molar-refractivity contribution >= 4 is 22.6 Å². The predicted octanol–water partition coefficient (Wildman–Crippen LogP) is 2.97. The molecule has 0 N–H and O–H groups in total. The highest BCUT2D eigenvalue weighted by Crippen LogP contribution is 2.24. The van der Waals surface area contributed by atoms with Gasteiger partial charge in [-0.2, -0.15) is 0 Å². The Balaban J connectivity index is 3.08. The highest BCUT2D eigenvalue weighted by Gasteiger charge is 2.10. The fourth-order valence-electron chi connectivity index (χ4n) is 0.775. The van der Waals surface area contributed by atoms with Gasteiger partial charge in [0.2, 0.25) is 0 Å². The molecule has 0 heterocycles. The third-order valence-corrected chi connectivity index (χ3v) is 2.29. The predicted molar refractivity (Wildman–Crippen MR) is 50.2 cm³/mol. The van der Waals surface area contributed by atoms with Gasteiger partial charge >= 0.3 is 0 Å². The molecule has 12 heavy (non-hydrogen) atoms. The largest absolute Gasteiger partial charge is 0.491 e. The van der Waals surface area contributed by atoms with Crippen LogP contribution in [0.1, 0.15) is 6.92 Å². The van der Waals surface area contributed by atoms with Crippen LogP contribution in [0.5, 0.6) is 5.75 Å². The smallest absolute Gasteiger partial charge is 0.181 e. The molecule has 0 aromatic heterocycles. The fourth-order valence-corrected chi connectivity index (χ4v) is 1.22. The summed E-state index contributed by atoms with van der Waals surface area (Å²) < 4.78 is 30.7. The molecule has 0 fully saturated rings. The van der Waals surface area contributed by atoms with Gasteiger partial charge in [-0.1, -0.05) is 0 Å². The second kappa shape index (κ2) is 4.02. The Morgan fingerprint density at radius 3 is 2.67 bits per heavy atom. The molecule has 0 unspecified atom stereocenters. The summed E-state index contributed by atoms with van der Waals surface area (Å²) in [6, 6.07) is 2.48. The van der Waals surface area contributed by atoms with Crippen LogP contribution in [0.4, 0.5) is 8.78 Å². The molecular formula is C8H7F2IO. The van der Waals surface area contributed by atoms with E-state index >= 15 is 0 Å². The number of hydrogen-bond donors (Lipinski definition) is 0. The first-order valence-electron chi connectivity index (χ1n) is 3.43. The van der Waals surface area contributed by atoms with Crippen LogP contribution in [0.2, 0.25) is 0 Å². The maximum Gasteiger partial charge on any atom is 0.181 e. The molecule has 0 atom stereocenters. The Labute approximate surface area is 82.9 Å². The van der Waals surface area contributed by atoms with E-state index in [-0.39, 0.29) is 9.32 Å². The molecule has 0 aliphatic rings. The summed E-state index contributed by atoms with van der Waals surface area (Å²) in [4.78, 5) is 0. The van der Waals surface area contributed by atoms with Gasteiger partial charge in [-0.15, -0.1) is 0 Å². The lowest BCUT2D eigenvalue weighted by Crippen LogP contribution is -1.97. The zero-order valence-electron chi connectivity index (χ0n) is 6.40. The van der Waals surface area contributed by atoms with Crippen molar-refractivity contribution in [3.05, 3.63) is 27.3 Å². The van der Waals surface area contributed by atoms with Crippen molar-refractivity contribution in [3.8, 4) is 5.75 Å². The van der Waals surface area contributed by atoms with E-state index in [4.69, 9.17) is 4.74 Å². The van der Waals surface area contributed by atoms with Crippen molar-refractivity contribution in [1.82, 2.24) is 0 Å². The summed E-state index contributed by atoms with van der Waals surface area (Å²) >= 11 is 1.60. The number of halogens is 3. The van der Waals surface area contributed by atoms with Crippen molar-refractivity contribution in [2.45, 2.75) is 6.92 Å². The quantitative estimate of drug-likeness (QED) is 0.599. The van der Waals surface area contributed by atoms with Crippen molar-refractivity contribution in [2.24, 2.45) is 0 Å². The van der Waals surface area contributed by atoms with Crippen molar-refractivity contribution in [1.29, 1.82) is 0 Å². The van der Waals surface area contributed by atoms with Crippen molar-refractivity contribution < 1.29 is 13.5 Å². The van der Waals surface area contributed by atoms with E-state index in [9.17, 15) is 8.78 Å². The number of rotatable bonds is 2. The molecule has 4 heteroatoms. The average molecular weight is 284 g/mol. The summed E-state index contributed by atoms with van der Waals surface area (Å²) in [5.41, 5.74) is 0. The van der Waals surface area contributed by atoms with Crippen LogP contribution < -0.4 is 4.74 Å². The maximum absolute atomic E-state index is 13.1. The van der Waals surface area contributed by atoms with Crippen LogP contribution >= 0.6 is 22.6 Å². The van der Waals surface area contributed by atoms with E-state index in [1.54, 1.807) is 29.5 Å². The first kappa shape index (κ1) is 9.70. The van der Waals surface area contributed by atoms with Gasteiger partial charge in [-0.25, -0.2) is 8.78 Å². The molecular weight excluding hydrogens is 277 g/mol. The van der Waals surface area contributed by atoms with Crippen LogP contribution in [0.15, 0.2) is 12.1 Å². The lowest BCUT2D eigenvalue weighted by Gasteiger charge is -2.05. The summed E-state index contributed by atoms with van der Waals surface area (Å²) in [5, 5.41) is 0. The van der Waals surface area contributed by atoms with E-state index in [2.05, 4.69) is 0 Å². The summed E-state index contributed by atoms with van der Waals surface area (Å²) in [7, 11) is 0. The summed E-state index contributed by atoms with van der Waals surface area (Å²) in [6.07, 6.45) is 0. The molecule has 0 aliphatic carbocycles. The lowest BCUT2D eigenvalue weighted by molar-refractivity contribution is 0.319. The van der Waals surface area contributed by atoms with Crippen LogP contribution in [0.3, 0.4) is 0 Å². The van der Waals surface area contributed by atoms with Gasteiger partial charge in [0.15, 0.2) is 11.6 Å². The first-order chi connectivity index (χ1) is 5.66. The Morgan fingerprint density at radius 1 is 1.42 bits per heavy atom. The highest BCUT2D eigenvalue weighted by molar-refractivity contribution is 14.1. The van der Waals surface area contributed by atoms with Gasteiger partial charge < -0.3 is 4.74 Å². The van der Waals surface area contributed by atoms with Gasteiger partial charge in [0.25, 0.3) is 0 Å². The SMILES string of the molecule is CCOc1ccc(F)c(I)c1F. The first-order valence-corrected chi connectivity index (χ1v) is 4.51. The molecule has 1 aromatic carbocycles. The Bertz CT molecular complexity index is 289. The highest BCUT2D eigenvalue weighted by atomic mass is 127. The van der Waals surface area contributed by atoms with Gasteiger partial charge in [-0.05, 0) is 41.6 Å². The van der Waals surface area contributed by atoms with E-state index in [1.807, 2.05) is 0 Å². The molecule has 0 saturated heterocycles. The third kappa shape index (κ3) is 1.85. The number of benzene rings is 1. The number of ether oxygens (including phenoxy) is 1. The Kier molecular flexibility index (Phi) is 3.25. The molecule has 0 bridgehead atoms. The van der Waals surface area contributed by atoms with E-state index in [0.29, 0.717) is 6.61 Å². The molecule has 0 saturated carbocycles. The van der Waals surface area contributed by atoms with E-state index in [1.165, 1.54) is 12.1 Å². The minimum atomic E-state index is -0.627. The number of hydrogen-bond acceptors (Lipinski definition) is 1.